The van der Waals surface area contributed by atoms with Crippen LogP contribution in [0.2, 0.25) is 0 Å². The average Bonchev–Trinajstić information content (AvgIpc) is 2.82. The van der Waals surface area contributed by atoms with Crippen LogP contribution >= 0.6 is 15.9 Å². The molecule has 0 aliphatic rings. The lowest BCUT2D eigenvalue weighted by atomic mass is 10.1. The number of aryl methyl sites for hydroxylation is 1. The SMILES string of the molecule is CCOC(=O)c1noc(-c2cccc(C)c2Br)n1. The number of aromatic nitrogens is 2. The first-order valence-corrected chi connectivity index (χ1v) is 6.19. The molecule has 1 heterocycles. The van der Waals surface area contributed by atoms with Crippen molar-refractivity contribution in [2.75, 3.05) is 6.61 Å². The van der Waals surface area contributed by atoms with Gasteiger partial charge >= 0.3 is 5.97 Å². The first kappa shape index (κ1) is 12.8. The van der Waals surface area contributed by atoms with Crippen molar-refractivity contribution in [3.63, 3.8) is 0 Å². The van der Waals surface area contributed by atoms with Gasteiger partial charge in [-0.15, -0.1) is 0 Å². The van der Waals surface area contributed by atoms with E-state index in [4.69, 9.17) is 9.26 Å². The predicted octanol–water partition coefficient (Wildman–Crippen LogP) is 2.98. The monoisotopic (exact) mass is 310 g/mol. The van der Waals surface area contributed by atoms with Gasteiger partial charge in [-0.3, -0.25) is 0 Å². The highest BCUT2D eigenvalue weighted by molar-refractivity contribution is 9.10. The van der Waals surface area contributed by atoms with Gasteiger partial charge in [0, 0.05) is 4.47 Å². The summed E-state index contributed by atoms with van der Waals surface area (Å²) in [5.74, 6) is -0.370. The Hall–Kier alpha value is -1.69. The summed E-state index contributed by atoms with van der Waals surface area (Å²) in [5.41, 5.74) is 1.79. The molecule has 0 unspecified atom stereocenters. The zero-order chi connectivity index (χ0) is 13.1. The first-order valence-electron chi connectivity index (χ1n) is 5.39. The van der Waals surface area contributed by atoms with E-state index in [0.29, 0.717) is 0 Å². The molecule has 0 saturated heterocycles. The second-order valence-electron chi connectivity index (χ2n) is 3.58. The largest absolute Gasteiger partial charge is 0.460 e. The number of carbonyl (C=O) groups excluding carboxylic acids is 1. The quantitative estimate of drug-likeness (QED) is 0.815. The predicted molar refractivity (Wildman–Crippen MR) is 68.1 cm³/mol. The normalized spacial score (nSPS) is 10.4. The maximum Gasteiger partial charge on any atom is 0.379 e. The van der Waals surface area contributed by atoms with Gasteiger partial charge in [-0.25, -0.2) is 4.79 Å². The summed E-state index contributed by atoms with van der Waals surface area (Å²) >= 11 is 3.45. The molecular weight excluding hydrogens is 300 g/mol. The molecule has 94 valence electrons. The third kappa shape index (κ3) is 2.43. The molecule has 0 aliphatic heterocycles. The molecule has 0 N–H and O–H groups in total. The fourth-order valence-corrected chi connectivity index (χ4v) is 1.86. The molecule has 0 amide bonds. The van der Waals surface area contributed by atoms with Gasteiger partial charge in [-0.2, -0.15) is 4.98 Å². The summed E-state index contributed by atoms with van der Waals surface area (Å²) in [7, 11) is 0. The van der Waals surface area contributed by atoms with E-state index in [1.807, 2.05) is 25.1 Å². The zero-order valence-electron chi connectivity index (χ0n) is 9.94. The van der Waals surface area contributed by atoms with E-state index in [2.05, 4.69) is 26.1 Å². The Balaban J connectivity index is 2.35. The molecule has 0 radical (unpaired) electrons. The topological polar surface area (TPSA) is 65.2 Å². The number of hydrogen-bond donors (Lipinski definition) is 0. The highest BCUT2D eigenvalue weighted by atomic mass is 79.9. The Labute approximate surface area is 112 Å². The Morgan fingerprint density at radius 3 is 3.00 bits per heavy atom. The molecule has 2 rings (SSSR count). The number of rotatable bonds is 3. The van der Waals surface area contributed by atoms with E-state index in [-0.39, 0.29) is 18.3 Å². The second-order valence-corrected chi connectivity index (χ2v) is 4.37. The number of nitrogens with zero attached hydrogens (tertiary/aromatic N) is 2. The van der Waals surface area contributed by atoms with Crippen molar-refractivity contribution in [2.24, 2.45) is 0 Å². The summed E-state index contributed by atoms with van der Waals surface area (Å²) in [6.45, 7) is 3.95. The Morgan fingerprint density at radius 1 is 1.50 bits per heavy atom. The van der Waals surface area contributed by atoms with Crippen molar-refractivity contribution < 1.29 is 14.1 Å². The van der Waals surface area contributed by atoms with Crippen LogP contribution in [0.3, 0.4) is 0 Å². The van der Waals surface area contributed by atoms with Crippen molar-refractivity contribution in [2.45, 2.75) is 13.8 Å². The molecular formula is C12H11BrN2O3. The standard InChI is InChI=1S/C12H11BrN2O3/c1-3-17-12(16)10-14-11(18-15-10)8-6-4-5-7(2)9(8)13/h4-6H,3H2,1-2H3. The van der Waals surface area contributed by atoms with Crippen LogP contribution in [0.4, 0.5) is 0 Å². The maximum atomic E-state index is 11.4. The number of halogens is 1. The van der Waals surface area contributed by atoms with Crippen molar-refractivity contribution in [3.8, 4) is 11.5 Å². The number of hydrogen-bond acceptors (Lipinski definition) is 5. The number of esters is 1. The van der Waals surface area contributed by atoms with E-state index in [0.717, 1.165) is 15.6 Å². The lowest BCUT2D eigenvalue weighted by Crippen LogP contribution is -2.06. The van der Waals surface area contributed by atoms with Crippen LogP contribution in [-0.4, -0.2) is 22.7 Å². The van der Waals surface area contributed by atoms with Gasteiger partial charge in [-0.05, 0) is 46.6 Å². The van der Waals surface area contributed by atoms with Crippen LogP contribution in [0.5, 0.6) is 0 Å². The smallest absolute Gasteiger partial charge is 0.379 e. The Morgan fingerprint density at radius 2 is 2.28 bits per heavy atom. The minimum absolute atomic E-state index is 0.0692. The van der Waals surface area contributed by atoms with Gasteiger partial charge in [0.2, 0.25) is 0 Å². The molecule has 18 heavy (non-hydrogen) atoms. The molecule has 0 saturated carbocycles. The molecule has 6 heteroatoms. The van der Waals surface area contributed by atoms with Gasteiger partial charge in [0.05, 0.1) is 12.2 Å². The summed E-state index contributed by atoms with van der Waals surface area (Å²) in [6.07, 6.45) is 0. The summed E-state index contributed by atoms with van der Waals surface area (Å²) in [4.78, 5) is 15.4. The molecule has 0 bridgehead atoms. The summed E-state index contributed by atoms with van der Waals surface area (Å²) in [6, 6.07) is 5.67. The third-order valence-corrected chi connectivity index (χ3v) is 3.36. The van der Waals surface area contributed by atoms with Crippen LogP contribution in [0.15, 0.2) is 27.2 Å². The molecule has 1 aromatic carbocycles. The highest BCUT2D eigenvalue weighted by Crippen LogP contribution is 2.29. The number of ether oxygens (including phenoxy) is 1. The van der Waals surface area contributed by atoms with Gasteiger partial charge in [0.1, 0.15) is 0 Å². The molecule has 5 nitrogen and oxygen atoms in total. The van der Waals surface area contributed by atoms with E-state index >= 15 is 0 Å². The molecule has 0 spiro atoms. The Bertz CT molecular complexity index is 580. The number of benzene rings is 1. The van der Waals surface area contributed by atoms with Crippen molar-refractivity contribution in [1.82, 2.24) is 10.1 Å². The van der Waals surface area contributed by atoms with E-state index in [9.17, 15) is 4.79 Å². The molecule has 0 fully saturated rings. The molecule has 0 atom stereocenters. The zero-order valence-corrected chi connectivity index (χ0v) is 11.5. The van der Waals surface area contributed by atoms with Gasteiger partial charge < -0.3 is 9.26 Å². The van der Waals surface area contributed by atoms with Gasteiger partial charge in [-0.1, -0.05) is 12.1 Å². The summed E-state index contributed by atoms with van der Waals surface area (Å²) in [5, 5.41) is 3.60. The van der Waals surface area contributed by atoms with Crippen LogP contribution in [-0.2, 0) is 4.74 Å². The van der Waals surface area contributed by atoms with Gasteiger partial charge in [0.25, 0.3) is 11.7 Å². The van der Waals surface area contributed by atoms with Gasteiger partial charge in [0.15, 0.2) is 0 Å². The Kier molecular flexibility index (Phi) is 3.76. The number of carbonyl (C=O) groups is 1. The molecule has 1 aromatic heterocycles. The second kappa shape index (κ2) is 5.30. The third-order valence-electron chi connectivity index (χ3n) is 2.31. The van der Waals surface area contributed by atoms with Crippen molar-refractivity contribution >= 4 is 21.9 Å². The van der Waals surface area contributed by atoms with E-state index < -0.39 is 5.97 Å². The minimum atomic E-state index is -0.587. The lowest BCUT2D eigenvalue weighted by Gasteiger charge is -2.01. The van der Waals surface area contributed by atoms with Crippen molar-refractivity contribution in [3.05, 3.63) is 34.1 Å². The molecule has 2 aromatic rings. The van der Waals surface area contributed by atoms with Crippen LogP contribution in [0, 0.1) is 6.92 Å². The highest BCUT2D eigenvalue weighted by Gasteiger charge is 2.18. The van der Waals surface area contributed by atoms with Crippen molar-refractivity contribution in [1.29, 1.82) is 0 Å². The maximum absolute atomic E-state index is 11.4. The van der Waals surface area contributed by atoms with Crippen LogP contribution in [0.25, 0.3) is 11.5 Å². The first-order chi connectivity index (χ1) is 8.63. The summed E-state index contributed by atoms with van der Waals surface area (Å²) < 4.78 is 10.7. The minimum Gasteiger partial charge on any atom is -0.460 e. The van der Waals surface area contributed by atoms with E-state index in [1.165, 1.54) is 0 Å². The van der Waals surface area contributed by atoms with E-state index in [1.54, 1.807) is 6.92 Å². The average molecular weight is 311 g/mol. The lowest BCUT2D eigenvalue weighted by molar-refractivity contribution is 0.0508. The molecule has 0 aliphatic carbocycles. The van der Waals surface area contributed by atoms with Crippen LogP contribution < -0.4 is 0 Å². The fourth-order valence-electron chi connectivity index (χ4n) is 1.42. The van der Waals surface area contributed by atoms with Crippen LogP contribution in [0.1, 0.15) is 23.1 Å². The fraction of sp³-hybridized carbons (Fsp3) is 0.250.